The fourth-order valence-corrected chi connectivity index (χ4v) is 8.15. The van der Waals surface area contributed by atoms with E-state index in [0.29, 0.717) is 27.8 Å². The molecule has 10 heteroatoms. The van der Waals surface area contributed by atoms with Crippen molar-refractivity contribution in [2.45, 2.75) is 54.5 Å². The first-order valence-corrected chi connectivity index (χ1v) is 14.1. The number of amides is 1. The lowest BCUT2D eigenvalue weighted by atomic mass is 9.95. The lowest BCUT2D eigenvalue weighted by molar-refractivity contribution is -0.125. The van der Waals surface area contributed by atoms with Crippen LogP contribution in [-0.4, -0.2) is 50.7 Å². The third-order valence-electron chi connectivity index (χ3n) is 6.29. The highest BCUT2D eigenvalue weighted by atomic mass is 35.5. The van der Waals surface area contributed by atoms with E-state index in [0.717, 1.165) is 25.7 Å². The number of halogens is 1. The molecule has 7 nitrogen and oxygen atoms in total. The molecular weight excluding hydrogens is 496 g/mol. The molecule has 2 atom stereocenters. The standard InChI is InChI=1S/C24H29ClN2O5S2/c1-31-21-13-8-16(14-22(21)32-2)24-27(34(29,30)19-11-9-17(25)10-12-19)20(15-33-24)23(28)26-18-6-4-3-5-7-18/h8-14,18,20,24H,3-7,15H2,1-2H3,(H,26,28)/t20-,24?/m1/s1. The van der Waals surface area contributed by atoms with E-state index in [4.69, 9.17) is 21.1 Å². The van der Waals surface area contributed by atoms with Gasteiger partial charge in [0.25, 0.3) is 0 Å². The number of hydrogen-bond donors (Lipinski definition) is 1. The molecule has 0 radical (unpaired) electrons. The molecule has 2 aliphatic rings. The Kier molecular flexibility index (Phi) is 7.97. The topological polar surface area (TPSA) is 84.9 Å². The summed E-state index contributed by atoms with van der Waals surface area (Å²) in [5.41, 5.74) is 0.716. The summed E-state index contributed by atoms with van der Waals surface area (Å²) >= 11 is 7.42. The zero-order valence-electron chi connectivity index (χ0n) is 19.2. The monoisotopic (exact) mass is 524 g/mol. The molecule has 2 fully saturated rings. The van der Waals surface area contributed by atoms with Gasteiger partial charge in [0.15, 0.2) is 11.5 Å². The summed E-state index contributed by atoms with van der Waals surface area (Å²) in [4.78, 5) is 13.5. The van der Waals surface area contributed by atoms with Crippen LogP contribution in [-0.2, 0) is 14.8 Å². The number of nitrogens with zero attached hydrogens (tertiary/aromatic N) is 1. The number of sulfonamides is 1. The zero-order valence-corrected chi connectivity index (χ0v) is 21.6. The van der Waals surface area contributed by atoms with Gasteiger partial charge in [-0.1, -0.05) is 36.9 Å². The smallest absolute Gasteiger partial charge is 0.245 e. The second kappa shape index (κ2) is 10.8. The third kappa shape index (κ3) is 5.17. The van der Waals surface area contributed by atoms with Gasteiger partial charge in [-0.3, -0.25) is 4.79 Å². The number of carbonyl (C=O) groups excluding carboxylic acids is 1. The van der Waals surface area contributed by atoms with E-state index < -0.39 is 21.4 Å². The Morgan fingerprint density at radius 1 is 1.03 bits per heavy atom. The van der Waals surface area contributed by atoms with Gasteiger partial charge in [-0.2, -0.15) is 4.31 Å². The maximum absolute atomic E-state index is 13.8. The molecule has 1 heterocycles. The predicted molar refractivity (Wildman–Crippen MR) is 134 cm³/mol. The van der Waals surface area contributed by atoms with Crippen molar-refractivity contribution in [1.29, 1.82) is 0 Å². The first-order valence-electron chi connectivity index (χ1n) is 11.3. The highest BCUT2D eigenvalue weighted by Gasteiger charge is 2.47. The Balaban J connectivity index is 1.71. The molecule has 1 amide bonds. The molecule has 2 aromatic carbocycles. The number of ether oxygens (including phenoxy) is 2. The number of carbonyl (C=O) groups is 1. The third-order valence-corrected chi connectivity index (χ3v) is 9.88. The minimum Gasteiger partial charge on any atom is -0.493 e. The summed E-state index contributed by atoms with van der Waals surface area (Å²) in [5, 5.41) is 2.96. The van der Waals surface area contributed by atoms with Gasteiger partial charge in [-0.25, -0.2) is 8.42 Å². The molecule has 1 aliphatic heterocycles. The van der Waals surface area contributed by atoms with Crippen molar-refractivity contribution in [3.63, 3.8) is 0 Å². The van der Waals surface area contributed by atoms with Gasteiger partial charge in [0.05, 0.1) is 24.5 Å². The molecular formula is C24H29ClN2O5S2. The van der Waals surface area contributed by atoms with Crippen molar-refractivity contribution >= 4 is 39.3 Å². The predicted octanol–water partition coefficient (Wildman–Crippen LogP) is 4.61. The van der Waals surface area contributed by atoms with Crippen molar-refractivity contribution in [3.05, 3.63) is 53.1 Å². The van der Waals surface area contributed by atoms with Gasteiger partial charge >= 0.3 is 0 Å². The normalized spacial score (nSPS) is 21.9. The molecule has 1 saturated heterocycles. The largest absolute Gasteiger partial charge is 0.493 e. The van der Waals surface area contributed by atoms with Crippen LogP contribution in [0.15, 0.2) is 47.4 Å². The fourth-order valence-electron chi connectivity index (χ4n) is 4.50. The molecule has 1 saturated carbocycles. The Labute approximate surface area is 210 Å². The van der Waals surface area contributed by atoms with Crippen molar-refractivity contribution in [3.8, 4) is 11.5 Å². The van der Waals surface area contributed by atoms with Crippen LogP contribution in [0.2, 0.25) is 5.02 Å². The Morgan fingerprint density at radius 3 is 2.35 bits per heavy atom. The summed E-state index contributed by atoms with van der Waals surface area (Å²) in [6.07, 6.45) is 5.17. The minimum atomic E-state index is -4.00. The quantitative estimate of drug-likeness (QED) is 0.569. The number of rotatable bonds is 7. The van der Waals surface area contributed by atoms with Crippen LogP contribution >= 0.6 is 23.4 Å². The maximum atomic E-state index is 13.8. The number of benzene rings is 2. The highest BCUT2D eigenvalue weighted by Crippen LogP contribution is 2.46. The van der Waals surface area contributed by atoms with E-state index in [2.05, 4.69) is 5.32 Å². The SMILES string of the molecule is COc1ccc(C2SC[C@H](C(=O)NC3CCCCC3)N2S(=O)(=O)c2ccc(Cl)cc2)cc1OC. The Morgan fingerprint density at radius 2 is 1.71 bits per heavy atom. The van der Waals surface area contributed by atoms with E-state index in [-0.39, 0.29) is 16.8 Å². The maximum Gasteiger partial charge on any atom is 0.245 e. The average molecular weight is 525 g/mol. The van der Waals surface area contributed by atoms with Crippen molar-refractivity contribution in [2.24, 2.45) is 0 Å². The molecule has 0 spiro atoms. The van der Waals surface area contributed by atoms with Crippen LogP contribution in [0.5, 0.6) is 11.5 Å². The minimum absolute atomic E-state index is 0.0893. The van der Waals surface area contributed by atoms with Gasteiger partial charge in [0.1, 0.15) is 6.04 Å². The van der Waals surface area contributed by atoms with E-state index in [1.165, 1.54) is 41.7 Å². The Bertz CT molecular complexity index is 1120. The van der Waals surface area contributed by atoms with Crippen molar-refractivity contribution < 1.29 is 22.7 Å². The van der Waals surface area contributed by atoms with Crippen LogP contribution in [0.25, 0.3) is 0 Å². The lowest BCUT2D eigenvalue weighted by Crippen LogP contribution is -2.50. The first-order chi connectivity index (χ1) is 16.3. The van der Waals surface area contributed by atoms with Gasteiger partial charge in [0.2, 0.25) is 15.9 Å². The second-order valence-corrected chi connectivity index (χ2v) is 11.8. The second-order valence-electron chi connectivity index (χ2n) is 8.45. The van der Waals surface area contributed by atoms with E-state index >= 15 is 0 Å². The van der Waals surface area contributed by atoms with Gasteiger partial charge < -0.3 is 14.8 Å². The molecule has 2 aromatic rings. The summed E-state index contributed by atoms with van der Waals surface area (Å²) in [7, 11) is -0.922. The van der Waals surface area contributed by atoms with Crippen molar-refractivity contribution in [1.82, 2.24) is 9.62 Å². The first kappa shape index (κ1) is 25.2. The number of hydrogen-bond acceptors (Lipinski definition) is 6. The van der Waals surface area contributed by atoms with Gasteiger partial charge in [0, 0.05) is 16.8 Å². The van der Waals surface area contributed by atoms with Crippen LogP contribution < -0.4 is 14.8 Å². The van der Waals surface area contributed by atoms with Gasteiger partial charge in [-0.05, 0) is 54.8 Å². The molecule has 1 aliphatic carbocycles. The van der Waals surface area contributed by atoms with Gasteiger partial charge in [-0.15, -0.1) is 11.8 Å². The van der Waals surface area contributed by atoms with Crippen LogP contribution in [0.4, 0.5) is 0 Å². The number of methoxy groups -OCH3 is 2. The molecule has 0 bridgehead atoms. The number of nitrogens with one attached hydrogen (secondary N) is 1. The van der Waals surface area contributed by atoms with E-state index in [9.17, 15) is 13.2 Å². The molecule has 0 aromatic heterocycles. The lowest BCUT2D eigenvalue weighted by Gasteiger charge is -2.30. The molecule has 1 N–H and O–H groups in total. The molecule has 4 rings (SSSR count). The van der Waals surface area contributed by atoms with E-state index in [1.807, 2.05) is 6.07 Å². The summed E-state index contributed by atoms with van der Waals surface area (Å²) in [5.74, 6) is 1.15. The number of thioether (sulfide) groups is 1. The summed E-state index contributed by atoms with van der Waals surface area (Å²) < 4.78 is 39.8. The van der Waals surface area contributed by atoms with E-state index in [1.54, 1.807) is 31.4 Å². The average Bonchev–Trinajstić information content (AvgIpc) is 3.31. The van der Waals surface area contributed by atoms with Crippen LogP contribution in [0.3, 0.4) is 0 Å². The molecule has 34 heavy (non-hydrogen) atoms. The highest BCUT2D eigenvalue weighted by molar-refractivity contribution is 8.01. The van der Waals surface area contributed by atoms with Crippen LogP contribution in [0, 0.1) is 0 Å². The van der Waals surface area contributed by atoms with Crippen LogP contribution in [0.1, 0.15) is 43.0 Å². The fraction of sp³-hybridized carbons (Fsp3) is 0.458. The Hall–Kier alpha value is -1.94. The van der Waals surface area contributed by atoms with Crippen molar-refractivity contribution in [2.75, 3.05) is 20.0 Å². The summed E-state index contributed by atoms with van der Waals surface area (Å²) in [6.45, 7) is 0. The summed E-state index contributed by atoms with van der Waals surface area (Å²) in [6, 6.07) is 10.6. The molecule has 184 valence electrons. The molecule has 1 unspecified atom stereocenters. The zero-order chi connectivity index (χ0) is 24.3.